The lowest BCUT2D eigenvalue weighted by molar-refractivity contribution is 0.00209. The summed E-state index contributed by atoms with van der Waals surface area (Å²) in [5.74, 6) is 2.10. The zero-order valence-electron chi connectivity index (χ0n) is 13.8. The van der Waals surface area contributed by atoms with Gasteiger partial charge in [-0.3, -0.25) is 0 Å². The Bertz CT molecular complexity index is 306. The quantitative estimate of drug-likeness (QED) is 0.785. The van der Waals surface area contributed by atoms with Gasteiger partial charge >= 0.3 is 0 Å². The highest BCUT2D eigenvalue weighted by molar-refractivity contribution is 5.05. The second-order valence-electron chi connectivity index (χ2n) is 8.73. The van der Waals surface area contributed by atoms with Gasteiger partial charge in [-0.2, -0.15) is 0 Å². The highest BCUT2D eigenvalue weighted by Crippen LogP contribution is 2.61. The zero-order chi connectivity index (χ0) is 14.3. The lowest BCUT2D eigenvalue weighted by Gasteiger charge is -2.37. The van der Waals surface area contributed by atoms with Gasteiger partial charge in [0.2, 0.25) is 0 Å². The summed E-state index contributed by atoms with van der Waals surface area (Å²) in [5, 5.41) is 3.76. The highest BCUT2D eigenvalue weighted by atomic mass is 16.5. The number of fused-ring (bicyclic) bond motifs is 1. The van der Waals surface area contributed by atoms with Gasteiger partial charge in [0, 0.05) is 19.2 Å². The smallest absolute Gasteiger partial charge is 0.0623 e. The van der Waals surface area contributed by atoms with Crippen molar-refractivity contribution < 1.29 is 4.74 Å². The van der Waals surface area contributed by atoms with Crippen LogP contribution in [0, 0.1) is 17.3 Å². The molecule has 2 heteroatoms. The Kier molecular flexibility index (Phi) is 4.06. The van der Waals surface area contributed by atoms with E-state index in [1.165, 1.54) is 38.6 Å². The average molecular weight is 267 g/mol. The molecule has 1 N–H and O–H groups in total. The van der Waals surface area contributed by atoms with E-state index >= 15 is 0 Å². The lowest BCUT2D eigenvalue weighted by Crippen LogP contribution is -2.44. The average Bonchev–Trinajstić information content (AvgIpc) is 2.92. The molecule has 2 unspecified atom stereocenters. The van der Waals surface area contributed by atoms with Crippen molar-refractivity contribution in [3.8, 4) is 0 Å². The Morgan fingerprint density at radius 3 is 2.16 bits per heavy atom. The van der Waals surface area contributed by atoms with E-state index in [0.29, 0.717) is 5.41 Å². The van der Waals surface area contributed by atoms with Gasteiger partial charge in [0.25, 0.3) is 0 Å². The van der Waals surface area contributed by atoms with E-state index < -0.39 is 0 Å². The maximum absolute atomic E-state index is 5.61. The van der Waals surface area contributed by atoms with Crippen molar-refractivity contribution in [1.29, 1.82) is 0 Å². The summed E-state index contributed by atoms with van der Waals surface area (Å²) in [6, 6.07) is 0. The van der Waals surface area contributed by atoms with Crippen LogP contribution < -0.4 is 5.32 Å². The molecule has 2 aliphatic rings. The van der Waals surface area contributed by atoms with Crippen LogP contribution in [0.15, 0.2) is 0 Å². The molecule has 0 radical (unpaired) electrons. The van der Waals surface area contributed by atoms with E-state index in [9.17, 15) is 0 Å². The number of methoxy groups -OCH3 is 1. The number of rotatable bonds is 6. The molecule has 0 aromatic carbocycles. The van der Waals surface area contributed by atoms with Crippen LogP contribution in [0.25, 0.3) is 0 Å². The lowest BCUT2D eigenvalue weighted by atomic mass is 9.76. The Hall–Kier alpha value is -0.0800. The summed E-state index contributed by atoms with van der Waals surface area (Å²) < 4.78 is 5.61. The summed E-state index contributed by atoms with van der Waals surface area (Å²) in [6.07, 6.45) is 6.88. The van der Waals surface area contributed by atoms with Crippen molar-refractivity contribution in [3.05, 3.63) is 0 Å². The second kappa shape index (κ2) is 5.04. The topological polar surface area (TPSA) is 21.3 Å². The van der Waals surface area contributed by atoms with E-state index in [1.807, 2.05) is 7.11 Å². The molecule has 2 rings (SSSR count). The van der Waals surface area contributed by atoms with Crippen molar-refractivity contribution in [1.82, 2.24) is 5.32 Å². The molecule has 0 spiro atoms. The Morgan fingerprint density at radius 1 is 1.11 bits per heavy atom. The molecule has 0 aromatic rings. The van der Waals surface area contributed by atoms with Crippen LogP contribution in [0.4, 0.5) is 0 Å². The normalized spacial score (nSPS) is 34.4. The number of hydrogen-bond acceptors (Lipinski definition) is 2. The largest absolute Gasteiger partial charge is 0.379 e. The Labute approximate surface area is 119 Å². The number of nitrogens with one attached hydrogen (secondary N) is 1. The number of hydrogen-bond donors (Lipinski definition) is 1. The maximum Gasteiger partial charge on any atom is 0.0623 e. The van der Waals surface area contributed by atoms with E-state index in [0.717, 1.165) is 11.8 Å². The molecule has 112 valence electrons. The van der Waals surface area contributed by atoms with Crippen molar-refractivity contribution in [2.75, 3.05) is 13.7 Å². The molecule has 0 heterocycles. The van der Waals surface area contributed by atoms with Crippen LogP contribution in [0.2, 0.25) is 0 Å². The second-order valence-corrected chi connectivity index (χ2v) is 8.73. The van der Waals surface area contributed by atoms with Crippen molar-refractivity contribution >= 4 is 0 Å². The maximum atomic E-state index is 5.61. The molecule has 2 aliphatic carbocycles. The third kappa shape index (κ3) is 4.19. The van der Waals surface area contributed by atoms with Gasteiger partial charge in [-0.15, -0.1) is 0 Å². The summed E-state index contributed by atoms with van der Waals surface area (Å²) in [7, 11) is 1.84. The molecule has 0 saturated heterocycles. The summed E-state index contributed by atoms with van der Waals surface area (Å²) in [5.41, 5.74) is 0.800. The molecule has 2 saturated carbocycles. The Balaban J connectivity index is 1.92. The molecule has 0 aliphatic heterocycles. The van der Waals surface area contributed by atoms with Gasteiger partial charge in [0.15, 0.2) is 0 Å². The molecular weight excluding hydrogens is 234 g/mol. The standard InChI is InChI=1S/C17H33NO/c1-15(2,3)18-12-17(8-7-16(4,5)19-6)10-13-9-14(13)11-17/h13-14,18H,7-12H2,1-6H3. The Morgan fingerprint density at radius 2 is 1.68 bits per heavy atom. The fourth-order valence-electron chi connectivity index (χ4n) is 3.56. The molecule has 0 amide bonds. The van der Waals surface area contributed by atoms with E-state index in [1.54, 1.807) is 0 Å². The predicted molar refractivity (Wildman–Crippen MR) is 81.3 cm³/mol. The van der Waals surface area contributed by atoms with Crippen LogP contribution >= 0.6 is 0 Å². The van der Waals surface area contributed by atoms with Crippen LogP contribution in [0.3, 0.4) is 0 Å². The van der Waals surface area contributed by atoms with E-state index in [2.05, 4.69) is 39.9 Å². The highest BCUT2D eigenvalue weighted by Gasteiger charge is 2.53. The van der Waals surface area contributed by atoms with Gasteiger partial charge < -0.3 is 10.1 Å². The summed E-state index contributed by atoms with van der Waals surface area (Å²) in [6.45, 7) is 12.4. The molecule has 19 heavy (non-hydrogen) atoms. The SMILES string of the molecule is COC(C)(C)CCC1(CNC(C)(C)C)CC2CC2C1. The van der Waals surface area contributed by atoms with Crippen LogP contribution in [-0.4, -0.2) is 24.8 Å². The molecule has 2 nitrogen and oxygen atoms in total. The first-order valence-corrected chi connectivity index (χ1v) is 7.95. The molecular formula is C17H33NO. The molecule has 2 fully saturated rings. The first kappa shape index (κ1) is 15.3. The van der Waals surface area contributed by atoms with Crippen LogP contribution in [0.1, 0.15) is 66.7 Å². The molecule has 0 bridgehead atoms. The van der Waals surface area contributed by atoms with E-state index in [4.69, 9.17) is 4.74 Å². The summed E-state index contributed by atoms with van der Waals surface area (Å²) >= 11 is 0. The third-order valence-corrected chi connectivity index (χ3v) is 5.26. The van der Waals surface area contributed by atoms with Gasteiger partial charge in [0.05, 0.1) is 5.60 Å². The minimum Gasteiger partial charge on any atom is -0.379 e. The monoisotopic (exact) mass is 267 g/mol. The van der Waals surface area contributed by atoms with Crippen molar-refractivity contribution in [3.63, 3.8) is 0 Å². The van der Waals surface area contributed by atoms with Crippen molar-refractivity contribution in [2.45, 2.75) is 77.9 Å². The third-order valence-electron chi connectivity index (χ3n) is 5.26. The minimum atomic E-state index is 0.0293. The van der Waals surface area contributed by atoms with E-state index in [-0.39, 0.29) is 11.1 Å². The van der Waals surface area contributed by atoms with Gasteiger partial charge in [0.1, 0.15) is 0 Å². The van der Waals surface area contributed by atoms with Gasteiger partial charge in [-0.05, 0) is 84.0 Å². The first-order valence-electron chi connectivity index (χ1n) is 7.95. The van der Waals surface area contributed by atoms with Gasteiger partial charge in [-0.25, -0.2) is 0 Å². The minimum absolute atomic E-state index is 0.0293. The van der Waals surface area contributed by atoms with Gasteiger partial charge in [-0.1, -0.05) is 0 Å². The number of ether oxygens (including phenoxy) is 1. The van der Waals surface area contributed by atoms with Crippen LogP contribution in [0.5, 0.6) is 0 Å². The fourth-order valence-corrected chi connectivity index (χ4v) is 3.56. The zero-order valence-corrected chi connectivity index (χ0v) is 13.8. The predicted octanol–water partition coefficient (Wildman–Crippen LogP) is 4.00. The van der Waals surface area contributed by atoms with Crippen molar-refractivity contribution in [2.24, 2.45) is 17.3 Å². The first-order chi connectivity index (χ1) is 8.65. The molecule has 0 aromatic heterocycles. The molecule has 2 atom stereocenters. The summed E-state index contributed by atoms with van der Waals surface area (Å²) in [4.78, 5) is 0. The van der Waals surface area contributed by atoms with Crippen LogP contribution in [-0.2, 0) is 4.74 Å². The fraction of sp³-hybridized carbons (Fsp3) is 1.00.